The second-order valence-electron chi connectivity index (χ2n) is 6.05. The number of nitrogens with zero attached hydrogens (tertiary/aromatic N) is 1. The molecule has 0 radical (unpaired) electrons. The Balaban J connectivity index is 2.07. The standard InChI is InChI=1S/C18H25NO4/c1-5-23-16(20)8-11-19(3)17(21)18(9-10-18)14-7-6-13(2)15(12-14)22-4/h6-7,12H,5,8-11H2,1-4H3. The molecule has 0 aromatic heterocycles. The molecular formula is C18H25NO4. The van der Waals surface area contributed by atoms with Crippen LogP contribution in [0.15, 0.2) is 18.2 Å². The monoisotopic (exact) mass is 319 g/mol. The first-order valence-corrected chi connectivity index (χ1v) is 8.01. The van der Waals surface area contributed by atoms with E-state index in [1.54, 1.807) is 26.0 Å². The second-order valence-corrected chi connectivity index (χ2v) is 6.05. The third-order valence-electron chi connectivity index (χ3n) is 4.42. The number of hydrogen-bond acceptors (Lipinski definition) is 4. The number of ether oxygens (including phenoxy) is 2. The van der Waals surface area contributed by atoms with Crippen LogP contribution in [0, 0.1) is 6.92 Å². The van der Waals surface area contributed by atoms with E-state index in [9.17, 15) is 9.59 Å². The van der Waals surface area contributed by atoms with Gasteiger partial charge in [0.15, 0.2) is 0 Å². The molecule has 126 valence electrons. The van der Waals surface area contributed by atoms with Crippen molar-refractivity contribution in [3.63, 3.8) is 0 Å². The van der Waals surface area contributed by atoms with E-state index in [2.05, 4.69) is 0 Å². The van der Waals surface area contributed by atoms with Gasteiger partial charge in [-0.2, -0.15) is 0 Å². The quantitative estimate of drug-likeness (QED) is 0.724. The number of esters is 1. The lowest BCUT2D eigenvalue weighted by atomic mass is 9.93. The van der Waals surface area contributed by atoms with Gasteiger partial charge in [-0.25, -0.2) is 0 Å². The molecule has 23 heavy (non-hydrogen) atoms. The summed E-state index contributed by atoms with van der Waals surface area (Å²) in [6.45, 7) is 4.50. The minimum atomic E-state index is -0.454. The summed E-state index contributed by atoms with van der Waals surface area (Å²) >= 11 is 0. The van der Waals surface area contributed by atoms with Crippen LogP contribution in [-0.4, -0.2) is 44.1 Å². The first kappa shape index (κ1) is 17.3. The van der Waals surface area contributed by atoms with E-state index in [0.717, 1.165) is 29.7 Å². The Hall–Kier alpha value is -2.04. The van der Waals surface area contributed by atoms with Gasteiger partial charge in [-0.3, -0.25) is 9.59 Å². The van der Waals surface area contributed by atoms with Gasteiger partial charge < -0.3 is 14.4 Å². The van der Waals surface area contributed by atoms with Crippen LogP contribution in [0.25, 0.3) is 0 Å². The van der Waals surface area contributed by atoms with Gasteiger partial charge >= 0.3 is 5.97 Å². The maximum Gasteiger partial charge on any atom is 0.307 e. The van der Waals surface area contributed by atoms with Crippen molar-refractivity contribution >= 4 is 11.9 Å². The van der Waals surface area contributed by atoms with Gasteiger partial charge in [0.2, 0.25) is 5.91 Å². The van der Waals surface area contributed by atoms with Crippen molar-refractivity contribution in [1.82, 2.24) is 4.90 Å². The Labute approximate surface area is 137 Å². The van der Waals surface area contributed by atoms with Crippen LogP contribution in [-0.2, 0) is 19.7 Å². The number of benzene rings is 1. The highest BCUT2D eigenvalue weighted by atomic mass is 16.5. The van der Waals surface area contributed by atoms with Crippen molar-refractivity contribution < 1.29 is 19.1 Å². The molecule has 0 bridgehead atoms. The summed E-state index contributed by atoms with van der Waals surface area (Å²) in [5.74, 6) is 0.595. The molecular weight excluding hydrogens is 294 g/mol. The molecule has 5 nitrogen and oxygen atoms in total. The zero-order chi connectivity index (χ0) is 17.0. The van der Waals surface area contributed by atoms with Crippen molar-refractivity contribution in [2.75, 3.05) is 27.3 Å². The average Bonchev–Trinajstić information content (AvgIpc) is 3.34. The number of likely N-dealkylation sites (N-methyl/N-ethyl adjacent to an activating group) is 1. The molecule has 1 aromatic rings. The Morgan fingerprint density at radius 3 is 2.57 bits per heavy atom. The highest BCUT2D eigenvalue weighted by molar-refractivity contribution is 5.91. The van der Waals surface area contributed by atoms with Crippen LogP contribution in [0.4, 0.5) is 0 Å². The summed E-state index contributed by atoms with van der Waals surface area (Å²) in [6.07, 6.45) is 1.90. The van der Waals surface area contributed by atoms with Crippen molar-refractivity contribution in [3.05, 3.63) is 29.3 Å². The van der Waals surface area contributed by atoms with Crippen molar-refractivity contribution in [2.24, 2.45) is 0 Å². The molecule has 5 heteroatoms. The Bertz CT molecular complexity index is 593. The average molecular weight is 319 g/mol. The van der Waals surface area contributed by atoms with E-state index in [-0.39, 0.29) is 18.3 Å². The van der Waals surface area contributed by atoms with Crippen molar-refractivity contribution in [3.8, 4) is 5.75 Å². The third-order valence-corrected chi connectivity index (χ3v) is 4.42. The van der Waals surface area contributed by atoms with E-state index < -0.39 is 5.41 Å². The van der Waals surface area contributed by atoms with E-state index in [4.69, 9.17) is 9.47 Å². The lowest BCUT2D eigenvalue weighted by molar-refractivity contribution is -0.144. The highest BCUT2D eigenvalue weighted by Crippen LogP contribution is 2.50. The Morgan fingerprint density at radius 1 is 1.30 bits per heavy atom. The molecule has 1 aromatic carbocycles. The van der Waals surface area contributed by atoms with E-state index in [1.165, 1.54) is 0 Å². The van der Waals surface area contributed by atoms with Gasteiger partial charge in [-0.15, -0.1) is 0 Å². The molecule has 0 saturated heterocycles. The molecule has 0 heterocycles. The van der Waals surface area contributed by atoms with Crippen LogP contribution in [0.3, 0.4) is 0 Å². The van der Waals surface area contributed by atoms with E-state index >= 15 is 0 Å². The van der Waals surface area contributed by atoms with Crippen LogP contribution in [0.2, 0.25) is 0 Å². The maximum atomic E-state index is 12.8. The SMILES string of the molecule is CCOC(=O)CCN(C)C(=O)C1(c2ccc(C)c(OC)c2)CC1. The number of methoxy groups -OCH3 is 1. The van der Waals surface area contributed by atoms with Gasteiger partial charge in [-0.05, 0) is 43.9 Å². The lowest BCUT2D eigenvalue weighted by Gasteiger charge is -2.24. The van der Waals surface area contributed by atoms with Crippen LogP contribution < -0.4 is 4.74 Å². The van der Waals surface area contributed by atoms with Crippen molar-refractivity contribution in [1.29, 1.82) is 0 Å². The minimum absolute atomic E-state index is 0.0627. The predicted octanol–water partition coefficient (Wildman–Crippen LogP) is 2.45. The van der Waals surface area contributed by atoms with Gasteiger partial charge in [-0.1, -0.05) is 12.1 Å². The number of carbonyl (C=O) groups is 2. The van der Waals surface area contributed by atoms with Crippen molar-refractivity contribution in [2.45, 2.75) is 38.5 Å². The molecule has 0 aliphatic heterocycles. The first-order chi connectivity index (χ1) is 10.9. The fraction of sp³-hybridized carbons (Fsp3) is 0.556. The summed E-state index contributed by atoms with van der Waals surface area (Å²) in [5.41, 5.74) is 1.59. The molecule has 0 spiro atoms. The molecule has 1 saturated carbocycles. The number of amides is 1. The van der Waals surface area contributed by atoms with Crippen LogP contribution in [0.5, 0.6) is 5.75 Å². The zero-order valence-corrected chi connectivity index (χ0v) is 14.3. The predicted molar refractivity (Wildman–Crippen MR) is 87.5 cm³/mol. The summed E-state index contributed by atoms with van der Waals surface area (Å²) in [4.78, 5) is 25.9. The molecule has 0 unspecified atom stereocenters. The largest absolute Gasteiger partial charge is 0.496 e. The number of hydrogen-bond donors (Lipinski definition) is 0. The van der Waals surface area contributed by atoms with Gasteiger partial charge in [0.25, 0.3) is 0 Å². The summed E-state index contributed by atoms with van der Waals surface area (Å²) < 4.78 is 10.3. The molecule has 1 aliphatic carbocycles. The molecule has 0 N–H and O–H groups in total. The normalized spacial score (nSPS) is 15.0. The van der Waals surface area contributed by atoms with E-state index in [0.29, 0.717) is 13.2 Å². The van der Waals surface area contributed by atoms with Gasteiger partial charge in [0, 0.05) is 13.6 Å². The fourth-order valence-electron chi connectivity index (χ4n) is 2.83. The van der Waals surface area contributed by atoms with Crippen LogP contribution in [0.1, 0.15) is 37.3 Å². The summed E-state index contributed by atoms with van der Waals surface area (Å²) in [5, 5.41) is 0. The van der Waals surface area contributed by atoms with Gasteiger partial charge in [0.05, 0.1) is 25.6 Å². The first-order valence-electron chi connectivity index (χ1n) is 8.01. The molecule has 0 atom stereocenters. The number of carbonyl (C=O) groups excluding carboxylic acids is 2. The van der Waals surface area contributed by atoms with Gasteiger partial charge in [0.1, 0.15) is 5.75 Å². The molecule has 2 rings (SSSR count). The summed E-state index contributed by atoms with van der Waals surface area (Å²) in [6, 6.07) is 5.95. The fourth-order valence-corrected chi connectivity index (χ4v) is 2.83. The smallest absolute Gasteiger partial charge is 0.307 e. The van der Waals surface area contributed by atoms with E-state index in [1.807, 2.05) is 25.1 Å². The van der Waals surface area contributed by atoms with Crippen LogP contribution >= 0.6 is 0 Å². The molecule has 1 fully saturated rings. The Morgan fingerprint density at radius 2 is 2.00 bits per heavy atom. The lowest BCUT2D eigenvalue weighted by Crippen LogP contribution is -2.37. The third kappa shape index (κ3) is 3.66. The minimum Gasteiger partial charge on any atom is -0.496 e. The topological polar surface area (TPSA) is 55.8 Å². The maximum absolute atomic E-state index is 12.8. The zero-order valence-electron chi connectivity index (χ0n) is 14.3. The number of aryl methyl sites for hydroxylation is 1. The highest BCUT2D eigenvalue weighted by Gasteiger charge is 2.52. The molecule has 1 aliphatic rings. The molecule has 1 amide bonds. The second kappa shape index (κ2) is 7.02. The Kier molecular flexibility index (Phi) is 5.29. The summed E-state index contributed by atoms with van der Waals surface area (Å²) in [7, 11) is 3.38. The number of rotatable bonds is 7.